The van der Waals surface area contributed by atoms with Crippen LogP contribution in [0.2, 0.25) is 0 Å². The van der Waals surface area contributed by atoms with Gasteiger partial charge in [-0.2, -0.15) is 0 Å². The van der Waals surface area contributed by atoms with Gasteiger partial charge in [-0.05, 0) is 46.5 Å². The highest BCUT2D eigenvalue weighted by Crippen LogP contribution is 2.32. The summed E-state index contributed by atoms with van der Waals surface area (Å²) in [5.41, 5.74) is 0.476. The number of halogens is 1. The van der Waals surface area contributed by atoms with Crippen molar-refractivity contribution >= 4 is 15.9 Å². The third-order valence-electron chi connectivity index (χ3n) is 3.89. The van der Waals surface area contributed by atoms with Gasteiger partial charge in [0.1, 0.15) is 5.75 Å². The van der Waals surface area contributed by atoms with Crippen molar-refractivity contribution in [3.63, 3.8) is 0 Å². The Morgan fingerprint density at radius 3 is 2.95 bits per heavy atom. The Kier molecular flexibility index (Phi) is 5.47. The maximum atomic E-state index is 10.8. The highest BCUT2D eigenvalue weighted by molar-refractivity contribution is 9.10. The summed E-state index contributed by atoms with van der Waals surface area (Å²) in [7, 11) is 1.65. The Hall–Kier alpha value is -0.580. The lowest BCUT2D eigenvalue weighted by Gasteiger charge is -2.37. The first-order chi connectivity index (χ1) is 9.56. The van der Waals surface area contributed by atoms with Crippen LogP contribution < -0.4 is 4.74 Å². The van der Waals surface area contributed by atoms with Gasteiger partial charge in [-0.3, -0.25) is 0 Å². The summed E-state index contributed by atoms with van der Waals surface area (Å²) in [6.45, 7) is 2.80. The van der Waals surface area contributed by atoms with E-state index in [0.717, 1.165) is 35.0 Å². The largest absolute Gasteiger partial charge is 0.496 e. The van der Waals surface area contributed by atoms with Crippen molar-refractivity contribution in [1.82, 2.24) is 0 Å². The van der Waals surface area contributed by atoms with Gasteiger partial charge in [0.25, 0.3) is 0 Å². The molecule has 1 aromatic carbocycles. The second-order valence-corrected chi connectivity index (χ2v) is 6.46. The zero-order valence-corrected chi connectivity index (χ0v) is 13.8. The molecule has 20 heavy (non-hydrogen) atoms. The molecular formula is C16H23BrO3. The molecule has 2 rings (SSSR count). The normalized spacial score (nSPS) is 26.5. The zero-order chi connectivity index (χ0) is 14.6. The third kappa shape index (κ3) is 3.96. The molecule has 2 unspecified atom stereocenters. The minimum Gasteiger partial charge on any atom is -0.496 e. The standard InChI is InChI=1S/C16H23BrO3/c1-3-4-13-11-16(18,7-8-20-13)10-12-5-6-15(19-2)14(17)9-12/h5-6,9,13,18H,3-4,7-8,10-11H2,1-2H3. The van der Waals surface area contributed by atoms with Gasteiger partial charge < -0.3 is 14.6 Å². The fraction of sp³-hybridized carbons (Fsp3) is 0.625. The molecule has 2 atom stereocenters. The van der Waals surface area contributed by atoms with Crippen molar-refractivity contribution in [2.45, 2.75) is 50.7 Å². The highest BCUT2D eigenvalue weighted by atomic mass is 79.9. The van der Waals surface area contributed by atoms with Crippen molar-refractivity contribution in [2.75, 3.05) is 13.7 Å². The van der Waals surface area contributed by atoms with Crippen LogP contribution in [0.4, 0.5) is 0 Å². The van der Waals surface area contributed by atoms with E-state index >= 15 is 0 Å². The van der Waals surface area contributed by atoms with E-state index in [4.69, 9.17) is 9.47 Å². The van der Waals surface area contributed by atoms with Crippen LogP contribution in [-0.2, 0) is 11.2 Å². The smallest absolute Gasteiger partial charge is 0.133 e. The highest BCUT2D eigenvalue weighted by Gasteiger charge is 2.34. The Labute approximate surface area is 129 Å². The molecule has 1 saturated heterocycles. The van der Waals surface area contributed by atoms with Crippen LogP contribution in [0, 0.1) is 0 Å². The van der Waals surface area contributed by atoms with Gasteiger partial charge in [0.15, 0.2) is 0 Å². The molecule has 3 nitrogen and oxygen atoms in total. The molecule has 1 N–H and O–H groups in total. The zero-order valence-electron chi connectivity index (χ0n) is 12.2. The molecule has 0 saturated carbocycles. The van der Waals surface area contributed by atoms with Crippen molar-refractivity contribution < 1.29 is 14.6 Å². The summed E-state index contributed by atoms with van der Waals surface area (Å²) in [6.07, 6.45) is 4.41. The summed E-state index contributed by atoms with van der Waals surface area (Å²) >= 11 is 3.50. The van der Waals surface area contributed by atoms with Gasteiger partial charge in [-0.25, -0.2) is 0 Å². The van der Waals surface area contributed by atoms with E-state index in [1.54, 1.807) is 7.11 Å². The third-order valence-corrected chi connectivity index (χ3v) is 4.51. The van der Waals surface area contributed by atoms with Crippen molar-refractivity contribution in [3.8, 4) is 5.75 Å². The van der Waals surface area contributed by atoms with Gasteiger partial charge >= 0.3 is 0 Å². The van der Waals surface area contributed by atoms with Crippen molar-refractivity contribution in [1.29, 1.82) is 0 Å². The number of benzene rings is 1. The number of hydrogen-bond donors (Lipinski definition) is 1. The monoisotopic (exact) mass is 342 g/mol. The average molecular weight is 343 g/mol. The van der Waals surface area contributed by atoms with E-state index in [1.807, 2.05) is 18.2 Å². The first-order valence-corrected chi connectivity index (χ1v) is 8.02. The summed E-state index contributed by atoms with van der Waals surface area (Å²) in [5, 5.41) is 10.8. The lowest BCUT2D eigenvalue weighted by atomic mass is 9.83. The maximum Gasteiger partial charge on any atom is 0.133 e. The van der Waals surface area contributed by atoms with Crippen LogP contribution >= 0.6 is 15.9 Å². The lowest BCUT2D eigenvalue weighted by Crippen LogP contribution is -2.42. The van der Waals surface area contributed by atoms with Crippen LogP contribution in [0.25, 0.3) is 0 Å². The van der Waals surface area contributed by atoms with Gasteiger partial charge in [-0.1, -0.05) is 19.4 Å². The number of hydrogen-bond acceptors (Lipinski definition) is 3. The average Bonchev–Trinajstić information content (AvgIpc) is 2.39. The quantitative estimate of drug-likeness (QED) is 0.886. The molecule has 0 radical (unpaired) electrons. The number of rotatable bonds is 5. The van der Waals surface area contributed by atoms with Crippen LogP contribution in [0.15, 0.2) is 22.7 Å². The molecule has 0 spiro atoms. The molecule has 1 fully saturated rings. The second-order valence-electron chi connectivity index (χ2n) is 5.61. The molecule has 0 aromatic heterocycles. The summed E-state index contributed by atoms with van der Waals surface area (Å²) < 4.78 is 11.9. The Bertz CT molecular complexity index is 447. The van der Waals surface area contributed by atoms with Gasteiger partial charge in [0.2, 0.25) is 0 Å². The molecular weight excluding hydrogens is 320 g/mol. The Balaban J connectivity index is 2.05. The molecule has 1 aliphatic rings. The van der Waals surface area contributed by atoms with E-state index in [0.29, 0.717) is 19.4 Å². The maximum absolute atomic E-state index is 10.8. The van der Waals surface area contributed by atoms with E-state index in [-0.39, 0.29) is 6.10 Å². The van der Waals surface area contributed by atoms with Gasteiger partial charge in [-0.15, -0.1) is 0 Å². The van der Waals surface area contributed by atoms with Crippen molar-refractivity contribution in [2.24, 2.45) is 0 Å². The van der Waals surface area contributed by atoms with E-state index in [1.165, 1.54) is 0 Å². The molecule has 0 aliphatic carbocycles. The van der Waals surface area contributed by atoms with Gasteiger partial charge in [0, 0.05) is 19.4 Å². The minimum absolute atomic E-state index is 0.195. The minimum atomic E-state index is -0.647. The summed E-state index contributed by atoms with van der Waals surface area (Å²) in [5.74, 6) is 0.816. The lowest BCUT2D eigenvalue weighted by molar-refractivity contribution is -0.104. The Morgan fingerprint density at radius 1 is 1.50 bits per heavy atom. The predicted molar refractivity (Wildman–Crippen MR) is 83.2 cm³/mol. The number of aliphatic hydroxyl groups is 1. The molecule has 4 heteroatoms. The van der Waals surface area contributed by atoms with Crippen LogP contribution in [0.5, 0.6) is 5.75 Å². The number of methoxy groups -OCH3 is 1. The molecule has 0 amide bonds. The molecule has 1 aromatic rings. The van der Waals surface area contributed by atoms with Crippen LogP contribution in [0.3, 0.4) is 0 Å². The number of ether oxygens (including phenoxy) is 2. The molecule has 1 heterocycles. The van der Waals surface area contributed by atoms with E-state index < -0.39 is 5.60 Å². The topological polar surface area (TPSA) is 38.7 Å². The molecule has 0 bridgehead atoms. The first kappa shape index (κ1) is 15.8. The van der Waals surface area contributed by atoms with Crippen LogP contribution in [0.1, 0.15) is 38.2 Å². The summed E-state index contributed by atoms with van der Waals surface area (Å²) in [4.78, 5) is 0. The Morgan fingerprint density at radius 2 is 2.30 bits per heavy atom. The van der Waals surface area contributed by atoms with E-state index in [9.17, 15) is 5.11 Å². The fourth-order valence-corrected chi connectivity index (χ4v) is 3.46. The van der Waals surface area contributed by atoms with E-state index in [2.05, 4.69) is 22.9 Å². The summed E-state index contributed by atoms with van der Waals surface area (Å²) in [6, 6.07) is 5.98. The fourth-order valence-electron chi connectivity index (χ4n) is 2.87. The molecule has 112 valence electrons. The SMILES string of the molecule is CCCC1CC(O)(Cc2ccc(OC)c(Br)c2)CCO1. The van der Waals surface area contributed by atoms with Crippen molar-refractivity contribution in [3.05, 3.63) is 28.2 Å². The molecule has 1 aliphatic heterocycles. The first-order valence-electron chi connectivity index (χ1n) is 7.23. The van der Waals surface area contributed by atoms with Gasteiger partial charge in [0.05, 0.1) is 23.3 Å². The van der Waals surface area contributed by atoms with Crippen LogP contribution in [-0.4, -0.2) is 30.5 Å². The predicted octanol–water partition coefficient (Wildman–Crippen LogP) is 3.71. The second kappa shape index (κ2) is 6.92.